The molecule has 2 aromatic heterocycles. The van der Waals surface area contributed by atoms with Gasteiger partial charge in [-0.15, -0.1) is 0 Å². The Morgan fingerprint density at radius 3 is 2.61 bits per heavy atom. The third-order valence-corrected chi connectivity index (χ3v) is 6.47. The molecule has 2 heterocycles. The van der Waals surface area contributed by atoms with E-state index in [1.807, 2.05) is 24.5 Å². The number of pyridine rings is 1. The van der Waals surface area contributed by atoms with Crippen molar-refractivity contribution in [3.05, 3.63) is 58.9 Å². The fourth-order valence-electron chi connectivity index (χ4n) is 3.75. The van der Waals surface area contributed by atoms with Gasteiger partial charge >= 0.3 is 5.97 Å². The number of fused-ring (bicyclic) bond motifs is 1. The number of esters is 1. The second kappa shape index (κ2) is 8.89. The van der Waals surface area contributed by atoms with E-state index in [1.165, 1.54) is 13.4 Å². The van der Waals surface area contributed by atoms with Crippen molar-refractivity contribution in [1.29, 1.82) is 0 Å². The van der Waals surface area contributed by atoms with Crippen LogP contribution in [0.5, 0.6) is 0 Å². The molecule has 0 aliphatic heterocycles. The predicted octanol–water partition coefficient (Wildman–Crippen LogP) is 2.53. The van der Waals surface area contributed by atoms with Gasteiger partial charge in [0.1, 0.15) is 18.2 Å². The minimum absolute atomic E-state index is 0.146. The van der Waals surface area contributed by atoms with E-state index in [0.717, 1.165) is 22.2 Å². The van der Waals surface area contributed by atoms with Crippen LogP contribution in [0.3, 0.4) is 0 Å². The highest BCUT2D eigenvalue weighted by molar-refractivity contribution is 7.90. The molecule has 0 saturated carbocycles. The largest absolute Gasteiger partial charge is 0.468 e. The van der Waals surface area contributed by atoms with Gasteiger partial charge in [0.15, 0.2) is 9.84 Å². The number of aryl methyl sites for hydroxylation is 1. The van der Waals surface area contributed by atoms with Gasteiger partial charge in [0, 0.05) is 30.1 Å². The summed E-state index contributed by atoms with van der Waals surface area (Å²) >= 11 is 0. The predicted molar refractivity (Wildman–Crippen MR) is 115 cm³/mol. The summed E-state index contributed by atoms with van der Waals surface area (Å²) in [5, 5.41) is 0.760. The third-order valence-electron chi connectivity index (χ3n) is 5.36. The molecule has 0 aliphatic carbocycles. The summed E-state index contributed by atoms with van der Waals surface area (Å²) in [4.78, 5) is 28.0. The molecule has 0 N–H and O–H groups in total. The van der Waals surface area contributed by atoms with Gasteiger partial charge in [-0.2, -0.15) is 0 Å². The maximum atomic E-state index is 12.5. The molecule has 0 radical (unpaired) electrons. The van der Waals surface area contributed by atoms with Crippen LogP contribution in [0.4, 0.5) is 0 Å². The first-order valence-corrected chi connectivity index (χ1v) is 11.4. The van der Waals surface area contributed by atoms with Crippen LogP contribution in [0.15, 0.2) is 41.4 Å². The van der Waals surface area contributed by atoms with Crippen LogP contribution in [0, 0.1) is 13.8 Å². The Hall–Kier alpha value is -3.20. The molecule has 1 atom stereocenters. The van der Waals surface area contributed by atoms with Gasteiger partial charge in [-0.25, -0.2) is 13.4 Å². The summed E-state index contributed by atoms with van der Waals surface area (Å²) in [6, 6.07) is 8.65. The summed E-state index contributed by atoms with van der Waals surface area (Å²) in [5.41, 5.74) is 3.88. The maximum Gasteiger partial charge on any atom is 0.316 e. The second-order valence-electron chi connectivity index (χ2n) is 7.33. The molecule has 0 aliphatic rings. The van der Waals surface area contributed by atoms with Crippen molar-refractivity contribution in [3.8, 4) is 0 Å². The number of hydrogen-bond donors (Lipinski definition) is 0. The van der Waals surface area contributed by atoms with Crippen LogP contribution in [0.1, 0.15) is 28.3 Å². The number of carbonyl (C=O) groups excluding carboxylic acids is 2. The number of nitrogens with zero attached hydrogens (tertiary/aromatic N) is 2. The normalized spacial score (nSPS) is 12.5. The lowest BCUT2D eigenvalue weighted by atomic mass is 9.97. The molecule has 31 heavy (non-hydrogen) atoms. The topological polar surface area (TPSA) is 105 Å². The first-order chi connectivity index (χ1) is 14.7. The lowest BCUT2D eigenvalue weighted by Gasteiger charge is -2.15. The van der Waals surface area contributed by atoms with E-state index in [4.69, 9.17) is 9.47 Å². The molecule has 0 bridgehead atoms. The molecule has 1 unspecified atom stereocenters. The highest BCUT2D eigenvalue weighted by atomic mass is 32.2. The molecule has 0 saturated heterocycles. The van der Waals surface area contributed by atoms with E-state index >= 15 is 0 Å². The number of sulfone groups is 1. The number of hydrogen-bond acceptors (Lipinski definition) is 7. The standard InChI is InChI=1S/C22H24N2O6S/c1-14-10-17(31(4,27)28)8-7-16(14)11-24-15(2)20(18-6-5-9-23-21(18)24)19(12-30-13-25)22(26)29-3/h5-10,13,19H,11-12H2,1-4H3. The number of ether oxygens (including phenoxy) is 2. The zero-order chi connectivity index (χ0) is 22.8. The molecule has 0 spiro atoms. The Balaban J connectivity index is 2.14. The van der Waals surface area contributed by atoms with E-state index in [1.54, 1.807) is 30.5 Å². The van der Waals surface area contributed by atoms with Crippen LogP contribution in [0.25, 0.3) is 11.0 Å². The molecule has 0 fully saturated rings. The Kier molecular flexibility index (Phi) is 6.45. The minimum atomic E-state index is -3.30. The first-order valence-electron chi connectivity index (χ1n) is 9.55. The maximum absolute atomic E-state index is 12.5. The van der Waals surface area contributed by atoms with Crippen LogP contribution in [0.2, 0.25) is 0 Å². The van der Waals surface area contributed by atoms with E-state index in [-0.39, 0.29) is 11.5 Å². The quantitative estimate of drug-likeness (QED) is 0.388. The highest BCUT2D eigenvalue weighted by Crippen LogP contribution is 2.33. The number of methoxy groups -OCH3 is 1. The average Bonchev–Trinajstić information content (AvgIpc) is 3.00. The lowest BCUT2D eigenvalue weighted by molar-refractivity contribution is -0.145. The number of carbonyl (C=O) groups is 2. The molecule has 8 nitrogen and oxygen atoms in total. The molecule has 3 aromatic rings. The zero-order valence-electron chi connectivity index (χ0n) is 17.8. The average molecular weight is 445 g/mol. The van der Waals surface area contributed by atoms with Gasteiger partial charge in [-0.3, -0.25) is 9.59 Å². The Morgan fingerprint density at radius 1 is 1.26 bits per heavy atom. The van der Waals surface area contributed by atoms with Crippen molar-refractivity contribution in [1.82, 2.24) is 9.55 Å². The number of benzene rings is 1. The summed E-state index contributed by atoms with van der Waals surface area (Å²) < 4.78 is 35.5. The van der Waals surface area contributed by atoms with Gasteiger partial charge in [0.25, 0.3) is 6.47 Å². The van der Waals surface area contributed by atoms with Crippen LogP contribution in [-0.2, 0) is 35.4 Å². The molecular weight excluding hydrogens is 420 g/mol. The molecule has 9 heteroatoms. The molecule has 3 rings (SSSR count). The lowest BCUT2D eigenvalue weighted by Crippen LogP contribution is -2.20. The number of aromatic nitrogens is 2. The summed E-state index contributed by atoms with van der Waals surface area (Å²) in [5.74, 6) is -1.31. The van der Waals surface area contributed by atoms with Crippen molar-refractivity contribution >= 4 is 33.3 Å². The fourth-order valence-corrected chi connectivity index (χ4v) is 4.45. The first kappa shape index (κ1) is 22.5. The monoisotopic (exact) mass is 444 g/mol. The molecule has 1 aromatic carbocycles. The third kappa shape index (κ3) is 4.46. The van der Waals surface area contributed by atoms with Gasteiger partial charge in [-0.05, 0) is 54.8 Å². The van der Waals surface area contributed by atoms with E-state index in [9.17, 15) is 18.0 Å². The van der Waals surface area contributed by atoms with Crippen LogP contribution >= 0.6 is 0 Å². The number of rotatable bonds is 8. The zero-order valence-corrected chi connectivity index (χ0v) is 18.6. The van der Waals surface area contributed by atoms with E-state index < -0.39 is 21.7 Å². The van der Waals surface area contributed by atoms with Crippen molar-refractivity contribution in [3.63, 3.8) is 0 Å². The van der Waals surface area contributed by atoms with E-state index in [2.05, 4.69) is 4.98 Å². The van der Waals surface area contributed by atoms with Crippen LogP contribution < -0.4 is 0 Å². The van der Waals surface area contributed by atoms with Gasteiger partial charge in [0.05, 0.1) is 12.0 Å². The molecule has 164 valence electrons. The molecule has 0 amide bonds. The minimum Gasteiger partial charge on any atom is -0.468 e. The molecular formula is C22H24N2O6S. The van der Waals surface area contributed by atoms with E-state index in [0.29, 0.717) is 24.2 Å². The van der Waals surface area contributed by atoms with Crippen LogP contribution in [-0.4, -0.2) is 50.4 Å². The van der Waals surface area contributed by atoms with Crippen molar-refractivity contribution in [2.75, 3.05) is 20.0 Å². The summed E-state index contributed by atoms with van der Waals surface area (Å²) in [6.45, 7) is 4.31. The van der Waals surface area contributed by atoms with Gasteiger partial charge < -0.3 is 14.0 Å². The smallest absolute Gasteiger partial charge is 0.316 e. The SMILES string of the molecule is COC(=O)C(COC=O)c1c(C)n(Cc2ccc(S(C)(=O)=O)cc2C)c2ncccc12. The van der Waals surface area contributed by atoms with Gasteiger partial charge in [-0.1, -0.05) is 6.07 Å². The van der Waals surface area contributed by atoms with Gasteiger partial charge in [0.2, 0.25) is 0 Å². The Labute approximate surface area is 180 Å². The second-order valence-corrected chi connectivity index (χ2v) is 9.34. The van der Waals surface area contributed by atoms with Crippen molar-refractivity contribution in [2.45, 2.75) is 31.2 Å². The highest BCUT2D eigenvalue weighted by Gasteiger charge is 2.29. The van der Waals surface area contributed by atoms with Crippen molar-refractivity contribution < 1.29 is 27.5 Å². The van der Waals surface area contributed by atoms with Crippen molar-refractivity contribution in [2.24, 2.45) is 0 Å². The Morgan fingerprint density at radius 2 is 2.00 bits per heavy atom. The Bertz CT molecular complexity index is 1250. The summed E-state index contributed by atoms with van der Waals surface area (Å²) in [7, 11) is -2.01. The summed E-state index contributed by atoms with van der Waals surface area (Å²) in [6.07, 6.45) is 2.84. The fraction of sp³-hybridized carbons (Fsp3) is 0.318.